The van der Waals surface area contributed by atoms with Crippen LogP contribution in [0.15, 0.2) is 47.0 Å². The van der Waals surface area contributed by atoms with Crippen molar-refractivity contribution in [2.45, 2.75) is 66.5 Å². The van der Waals surface area contributed by atoms with E-state index in [0.29, 0.717) is 6.42 Å². The molecule has 2 aromatic heterocycles. The van der Waals surface area contributed by atoms with Gasteiger partial charge in [-0.05, 0) is 50.3 Å². The van der Waals surface area contributed by atoms with Gasteiger partial charge in [0.25, 0.3) is 5.56 Å². The molecule has 0 bridgehead atoms. The van der Waals surface area contributed by atoms with E-state index in [1.165, 1.54) is 15.6 Å². The van der Waals surface area contributed by atoms with Crippen molar-refractivity contribution in [3.05, 3.63) is 52.6 Å². The summed E-state index contributed by atoms with van der Waals surface area (Å²) >= 11 is 0. The van der Waals surface area contributed by atoms with Crippen LogP contribution in [-0.4, -0.2) is 66.5 Å². The van der Waals surface area contributed by atoms with E-state index in [4.69, 9.17) is 19.5 Å². The van der Waals surface area contributed by atoms with E-state index in [1.807, 2.05) is 13.8 Å². The number of para-hydroxylation sites is 1. The largest absolute Gasteiger partial charge is 0.480 e. The fraction of sp³-hybridized carbons (Fsp3) is 0.500. The second kappa shape index (κ2) is 13.6. The number of nitrogens with one attached hydrogen (secondary N) is 1. The van der Waals surface area contributed by atoms with Gasteiger partial charge in [-0.15, -0.1) is 0 Å². The molecule has 14 nitrogen and oxygen atoms in total. The van der Waals surface area contributed by atoms with Crippen molar-refractivity contribution < 1.29 is 33.0 Å². The molecule has 1 fully saturated rings. The normalized spacial score (nSPS) is 19.4. The summed E-state index contributed by atoms with van der Waals surface area (Å²) in [5.74, 6) is -1.83. The van der Waals surface area contributed by atoms with Crippen LogP contribution in [0.25, 0.3) is 17.4 Å². The Labute approximate surface area is 261 Å². The molecule has 1 aromatic carbocycles. The number of aliphatic carboxylic acids is 1. The predicted molar refractivity (Wildman–Crippen MR) is 168 cm³/mol. The fourth-order valence-corrected chi connectivity index (χ4v) is 7.13. The van der Waals surface area contributed by atoms with Crippen LogP contribution in [0.3, 0.4) is 0 Å². The number of carboxylic acids is 1. The highest BCUT2D eigenvalue weighted by Gasteiger charge is 2.54. The summed E-state index contributed by atoms with van der Waals surface area (Å²) in [4.78, 5) is 48.0. The number of carbonyl (C=O) groups is 2. The van der Waals surface area contributed by atoms with Crippen molar-refractivity contribution in [1.82, 2.24) is 24.2 Å². The highest BCUT2D eigenvalue weighted by atomic mass is 31.2. The molecular formula is C30H41N6O8P. The predicted octanol–water partition coefficient (Wildman–Crippen LogP) is 4.55. The van der Waals surface area contributed by atoms with E-state index in [9.17, 15) is 24.1 Å². The molecule has 4 rings (SSSR count). The third kappa shape index (κ3) is 7.81. The number of H-pyrrole nitrogens is 1. The van der Waals surface area contributed by atoms with Crippen LogP contribution in [0.1, 0.15) is 54.4 Å². The van der Waals surface area contributed by atoms with Crippen LogP contribution in [0.4, 0.5) is 5.95 Å². The van der Waals surface area contributed by atoms with Crippen LogP contribution in [0.2, 0.25) is 0 Å². The first-order chi connectivity index (χ1) is 21.2. The maximum atomic E-state index is 14.9. The number of nitrogens with two attached hydrogens (primary N) is 1. The Morgan fingerprint density at radius 2 is 1.87 bits per heavy atom. The number of aromatic nitrogens is 4. The molecule has 4 N–H and O–H groups in total. The zero-order valence-corrected chi connectivity index (χ0v) is 27.2. The Balaban J connectivity index is 1.73. The quantitative estimate of drug-likeness (QED) is 0.155. The molecule has 45 heavy (non-hydrogen) atoms. The molecule has 3 aromatic rings. The number of carboxylic acid groups (broad SMARTS) is 1. The molecule has 0 spiro atoms. The summed E-state index contributed by atoms with van der Waals surface area (Å²) in [6.07, 6.45) is 3.68. The van der Waals surface area contributed by atoms with Crippen molar-refractivity contribution in [1.29, 1.82) is 0 Å². The van der Waals surface area contributed by atoms with Gasteiger partial charge in [-0.3, -0.25) is 28.5 Å². The van der Waals surface area contributed by atoms with E-state index < -0.39 is 42.7 Å². The zero-order valence-electron chi connectivity index (χ0n) is 26.3. The van der Waals surface area contributed by atoms with E-state index in [1.54, 1.807) is 64.2 Å². The number of imidazole rings is 1. The van der Waals surface area contributed by atoms with Crippen LogP contribution in [-0.2, 0) is 23.4 Å². The molecular weight excluding hydrogens is 603 g/mol. The second-order valence-corrected chi connectivity index (χ2v) is 14.1. The number of benzene rings is 1. The van der Waals surface area contributed by atoms with Crippen molar-refractivity contribution in [3.63, 3.8) is 0 Å². The van der Waals surface area contributed by atoms with Crippen LogP contribution < -0.4 is 15.8 Å². The van der Waals surface area contributed by atoms with E-state index >= 15 is 0 Å². The molecule has 1 aliphatic carbocycles. The van der Waals surface area contributed by atoms with E-state index in [0.717, 1.165) is 5.57 Å². The minimum Gasteiger partial charge on any atom is -0.480 e. The number of esters is 1. The van der Waals surface area contributed by atoms with Gasteiger partial charge in [-0.1, -0.05) is 45.9 Å². The van der Waals surface area contributed by atoms with Gasteiger partial charge in [0, 0.05) is 12.2 Å². The Hall–Kier alpha value is -4.00. The topological polar surface area (TPSA) is 192 Å². The molecule has 1 unspecified atom stereocenters. The van der Waals surface area contributed by atoms with Crippen molar-refractivity contribution >= 4 is 43.0 Å². The standard InChI is InChI=1S/C30H41N6O8P/c1-18(2)12-23(27(38)39)36(20(5)6)45(41,44-22-10-8-7-9-11-22)43-16-30(15-42-28(40)19(3)4)13-21(30)14-35-17-32-24-25(35)33-29(31)34-26(24)37/h7-11,14,17-20,23H,12-13,15-16H2,1-6H3,(H,38,39)(H3,31,33,34,37)/b21-14-/t23-,30?,45-/m0/s1. The Morgan fingerprint density at radius 1 is 1.18 bits per heavy atom. The molecule has 0 radical (unpaired) electrons. The fourth-order valence-electron chi connectivity index (χ4n) is 4.96. The molecule has 3 atom stereocenters. The first-order valence-corrected chi connectivity index (χ1v) is 16.3. The molecule has 1 saturated carbocycles. The SMILES string of the molecule is CC(C)C[C@@H](C(=O)O)N(C(C)C)[P@](=O)(OCC1(COC(=O)C(C)C)C/C1=C/n1cnc2c(=O)[nH]c(N)nc21)Oc1ccccc1. The molecule has 0 amide bonds. The summed E-state index contributed by atoms with van der Waals surface area (Å²) < 4.78 is 35.6. The van der Waals surface area contributed by atoms with Gasteiger partial charge < -0.3 is 20.1 Å². The second-order valence-electron chi connectivity index (χ2n) is 12.3. The van der Waals surface area contributed by atoms with Crippen LogP contribution >= 0.6 is 7.75 Å². The number of hydrogen-bond donors (Lipinski definition) is 3. The molecule has 0 saturated heterocycles. The number of ether oxygens (including phenoxy) is 1. The number of fused-ring (bicyclic) bond motifs is 1. The van der Waals surface area contributed by atoms with Gasteiger partial charge in [0.05, 0.1) is 17.9 Å². The van der Waals surface area contributed by atoms with Crippen LogP contribution in [0, 0.1) is 17.3 Å². The number of aromatic amines is 1. The molecule has 244 valence electrons. The molecule has 15 heteroatoms. The average molecular weight is 645 g/mol. The summed E-state index contributed by atoms with van der Waals surface area (Å²) in [5, 5.41) is 10.2. The molecule has 1 aliphatic rings. The Bertz CT molecular complexity index is 1670. The summed E-state index contributed by atoms with van der Waals surface area (Å²) in [5.41, 5.74) is 5.39. The van der Waals surface area contributed by atoms with Gasteiger partial charge >= 0.3 is 19.7 Å². The van der Waals surface area contributed by atoms with Gasteiger partial charge in [-0.2, -0.15) is 9.65 Å². The Kier molecular flexibility index (Phi) is 10.2. The number of hydrogen-bond acceptors (Lipinski definition) is 10. The summed E-state index contributed by atoms with van der Waals surface area (Å²) in [7, 11) is -4.35. The van der Waals surface area contributed by atoms with E-state index in [2.05, 4.69) is 15.0 Å². The average Bonchev–Trinajstić information content (AvgIpc) is 3.49. The lowest BCUT2D eigenvalue weighted by molar-refractivity contribution is -0.149. The molecule has 2 heterocycles. The smallest absolute Gasteiger partial charge is 0.462 e. The number of nitrogens with zero attached hydrogens (tertiary/aromatic N) is 4. The minimum absolute atomic E-state index is 0.0304. The number of anilines is 1. The summed E-state index contributed by atoms with van der Waals surface area (Å²) in [6, 6.07) is 6.69. The third-order valence-electron chi connectivity index (χ3n) is 7.37. The third-order valence-corrected chi connectivity index (χ3v) is 9.57. The number of nitrogen functional groups attached to an aromatic ring is 1. The Morgan fingerprint density at radius 3 is 2.47 bits per heavy atom. The number of rotatable bonds is 15. The van der Waals surface area contributed by atoms with E-state index in [-0.39, 0.29) is 54.3 Å². The minimum atomic E-state index is -4.35. The summed E-state index contributed by atoms with van der Waals surface area (Å²) in [6.45, 7) is 10.3. The van der Waals surface area contributed by atoms with Gasteiger partial charge in [0.15, 0.2) is 11.2 Å². The maximum absolute atomic E-state index is 14.9. The lowest BCUT2D eigenvalue weighted by Crippen LogP contribution is -2.45. The lowest BCUT2D eigenvalue weighted by atomic mass is 10.0. The maximum Gasteiger partial charge on any atom is 0.462 e. The van der Waals surface area contributed by atoms with Gasteiger partial charge in [0.1, 0.15) is 24.7 Å². The van der Waals surface area contributed by atoms with Crippen molar-refractivity contribution in [2.75, 3.05) is 18.9 Å². The lowest BCUT2D eigenvalue weighted by Gasteiger charge is -2.37. The monoisotopic (exact) mass is 644 g/mol. The molecule has 0 aliphatic heterocycles. The first kappa shape index (κ1) is 33.9. The highest BCUT2D eigenvalue weighted by molar-refractivity contribution is 7.51. The first-order valence-electron chi connectivity index (χ1n) is 14.8. The van der Waals surface area contributed by atoms with Crippen molar-refractivity contribution in [2.24, 2.45) is 17.3 Å². The zero-order chi connectivity index (χ0) is 33.1. The van der Waals surface area contributed by atoms with Gasteiger partial charge in [0.2, 0.25) is 5.95 Å². The number of carbonyl (C=O) groups excluding carboxylic acids is 1. The van der Waals surface area contributed by atoms with Gasteiger partial charge in [-0.25, -0.2) is 9.55 Å². The van der Waals surface area contributed by atoms with Crippen LogP contribution in [0.5, 0.6) is 5.75 Å². The highest BCUT2D eigenvalue weighted by Crippen LogP contribution is 2.60. The van der Waals surface area contributed by atoms with Crippen molar-refractivity contribution in [3.8, 4) is 5.75 Å².